The zero-order valence-corrected chi connectivity index (χ0v) is 17.7. The molecule has 3 aromatic carbocycles. The van der Waals surface area contributed by atoms with Crippen LogP contribution in [0.2, 0.25) is 0 Å². The molecule has 0 bridgehead atoms. The lowest BCUT2D eigenvalue weighted by Crippen LogP contribution is -2.41. The topological polar surface area (TPSA) is 76.1 Å². The molecule has 2 aliphatic heterocycles. The quantitative estimate of drug-likeness (QED) is 0.625. The molecule has 1 unspecified atom stereocenters. The molecule has 0 fully saturated rings. The van der Waals surface area contributed by atoms with Gasteiger partial charge in [-0.25, -0.2) is 0 Å². The van der Waals surface area contributed by atoms with E-state index in [9.17, 15) is 14.7 Å². The normalized spacial score (nSPS) is 19.1. The lowest BCUT2D eigenvalue weighted by molar-refractivity contribution is -0.136. The van der Waals surface area contributed by atoms with Crippen LogP contribution in [0.25, 0.3) is 0 Å². The summed E-state index contributed by atoms with van der Waals surface area (Å²) in [6, 6.07) is 19.9. The number of nitrogens with zero attached hydrogens (tertiary/aromatic N) is 1. The second-order valence-corrected chi connectivity index (χ2v) is 8.22. The average molecular weight is 429 g/mol. The maximum absolute atomic E-state index is 13.5. The average Bonchev–Trinajstić information content (AvgIpc) is 3.01. The third kappa shape index (κ3) is 3.42. The fourth-order valence-corrected chi connectivity index (χ4v) is 4.38. The highest BCUT2D eigenvalue weighted by Crippen LogP contribution is 2.44. The Balaban J connectivity index is 1.45. The van der Waals surface area contributed by atoms with Crippen LogP contribution in [0.15, 0.2) is 66.7 Å². The van der Waals surface area contributed by atoms with E-state index >= 15 is 0 Å². The molecule has 1 atom stereocenters. The van der Waals surface area contributed by atoms with Gasteiger partial charge in [-0.15, -0.1) is 0 Å². The third-order valence-corrected chi connectivity index (χ3v) is 5.94. The van der Waals surface area contributed by atoms with Crippen molar-refractivity contribution >= 4 is 17.4 Å². The highest BCUT2D eigenvalue weighted by atomic mass is 16.6. The zero-order valence-electron chi connectivity index (χ0n) is 17.7. The van der Waals surface area contributed by atoms with Crippen LogP contribution in [0.4, 0.5) is 5.69 Å². The SMILES string of the molecule is Cc1cccc(CN2C(=O)C(O)(CC(=O)c3ccc4c(c3)OCCO4)c3ccccc32)c1. The molecule has 3 aromatic rings. The number of anilines is 1. The van der Waals surface area contributed by atoms with Crippen molar-refractivity contribution < 1.29 is 24.2 Å². The highest BCUT2D eigenvalue weighted by molar-refractivity contribution is 6.10. The molecule has 0 spiro atoms. The molecule has 0 radical (unpaired) electrons. The van der Waals surface area contributed by atoms with Crippen LogP contribution in [0.3, 0.4) is 0 Å². The molecule has 1 N–H and O–H groups in total. The monoisotopic (exact) mass is 429 g/mol. The zero-order chi connectivity index (χ0) is 22.3. The number of ether oxygens (including phenoxy) is 2. The van der Waals surface area contributed by atoms with Crippen LogP contribution >= 0.6 is 0 Å². The largest absolute Gasteiger partial charge is 0.486 e. The first-order chi connectivity index (χ1) is 15.5. The molecule has 6 nitrogen and oxygen atoms in total. The van der Waals surface area contributed by atoms with Crippen molar-refractivity contribution in [3.63, 3.8) is 0 Å². The number of carbonyl (C=O) groups is 2. The second-order valence-electron chi connectivity index (χ2n) is 8.22. The predicted octanol–water partition coefficient (Wildman–Crippen LogP) is 3.77. The van der Waals surface area contributed by atoms with Gasteiger partial charge in [-0.3, -0.25) is 9.59 Å². The number of ketones is 1. The van der Waals surface area contributed by atoms with Crippen LogP contribution in [-0.2, 0) is 16.9 Å². The Labute approximate surface area is 186 Å². The summed E-state index contributed by atoms with van der Waals surface area (Å²) in [5, 5.41) is 11.5. The number of Topliss-reactive ketones (excluding diaryl/α,β-unsaturated/α-hetero) is 1. The minimum atomic E-state index is -1.93. The number of fused-ring (bicyclic) bond motifs is 2. The number of rotatable bonds is 5. The van der Waals surface area contributed by atoms with E-state index in [1.165, 1.54) is 0 Å². The molecule has 0 saturated carbocycles. The molecule has 0 saturated heterocycles. The molecule has 32 heavy (non-hydrogen) atoms. The van der Waals surface area contributed by atoms with Gasteiger partial charge in [-0.05, 0) is 36.8 Å². The summed E-state index contributed by atoms with van der Waals surface area (Å²) in [6.45, 7) is 3.18. The summed E-state index contributed by atoms with van der Waals surface area (Å²) < 4.78 is 11.1. The molecule has 162 valence electrons. The summed E-state index contributed by atoms with van der Waals surface area (Å²) in [7, 11) is 0. The second kappa shape index (κ2) is 7.80. The fourth-order valence-electron chi connectivity index (χ4n) is 4.38. The fraction of sp³-hybridized carbons (Fsp3) is 0.231. The smallest absolute Gasteiger partial charge is 0.264 e. The van der Waals surface area contributed by atoms with E-state index in [2.05, 4.69) is 0 Å². The molecule has 2 aliphatic rings. The van der Waals surface area contributed by atoms with Crippen LogP contribution in [0, 0.1) is 6.92 Å². The van der Waals surface area contributed by atoms with E-state index in [1.807, 2.05) is 37.3 Å². The number of aryl methyl sites for hydroxylation is 1. The lowest BCUT2D eigenvalue weighted by atomic mass is 9.88. The standard InChI is InChI=1S/C26H23NO5/c1-17-5-4-6-18(13-17)16-27-21-8-3-2-7-20(21)26(30,25(27)29)15-22(28)19-9-10-23-24(14-19)32-12-11-31-23/h2-10,13-14,30H,11-12,15-16H2,1H3. The first-order valence-electron chi connectivity index (χ1n) is 10.6. The number of hydrogen-bond acceptors (Lipinski definition) is 5. The summed E-state index contributed by atoms with van der Waals surface area (Å²) >= 11 is 0. The van der Waals surface area contributed by atoms with Crippen LogP contribution < -0.4 is 14.4 Å². The minimum absolute atomic E-state index is 0.318. The summed E-state index contributed by atoms with van der Waals surface area (Å²) in [6.07, 6.45) is -0.354. The molecule has 0 aliphatic carbocycles. The molecule has 2 heterocycles. The van der Waals surface area contributed by atoms with E-state index in [0.29, 0.717) is 48.1 Å². The summed E-state index contributed by atoms with van der Waals surface area (Å²) in [5.41, 5.74) is 1.55. The van der Waals surface area contributed by atoms with Crippen molar-refractivity contribution in [3.05, 3.63) is 89.0 Å². The highest BCUT2D eigenvalue weighted by Gasteiger charge is 2.50. The Hall–Kier alpha value is -3.64. The predicted molar refractivity (Wildman–Crippen MR) is 119 cm³/mol. The van der Waals surface area contributed by atoms with Gasteiger partial charge in [0.15, 0.2) is 22.9 Å². The van der Waals surface area contributed by atoms with Crippen LogP contribution in [0.5, 0.6) is 11.5 Å². The van der Waals surface area contributed by atoms with Gasteiger partial charge >= 0.3 is 0 Å². The van der Waals surface area contributed by atoms with Gasteiger partial charge in [0.2, 0.25) is 0 Å². The van der Waals surface area contributed by atoms with Crippen molar-refractivity contribution in [2.24, 2.45) is 0 Å². The van der Waals surface area contributed by atoms with Gasteiger partial charge in [-0.2, -0.15) is 0 Å². The molecule has 5 rings (SSSR count). The Kier molecular flexibility index (Phi) is 4.94. The maximum Gasteiger partial charge on any atom is 0.264 e. The van der Waals surface area contributed by atoms with E-state index in [1.54, 1.807) is 41.3 Å². The van der Waals surface area contributed by atoms with Crippen LogP contribution in [-0.4, -0.2) is 30.0 Å². The number of amides is 1. The van der Waals surface area contributed by atoms with E-state index < -0.39 is 11.5 Å². The van der Waals surface area contributed by atoms with E-state index in [4.69, 9.17) is 9.47 Å². The Bertz CT molecular complexity index is 1220. The van der Waals surface area contributed by atoms with Gasteiger partial charge in [0, 0.05) is 11.1 Å². The Morgan fingerprint density at radius 2 is 1.78 bits per heavy atom. The van der Waals surface area contributed by atoms with Gasteiger partial charge in [0.25, 0.3) is 5.91 Å². The Morgan fingerprint density at radius 1 is 1.00 bits per heavy atom. The third-order valence-electron chi connectivity index (χ3n) is 5.94. The molecule has 6 heteroatoms. The van der Waals surface area contributed by atoms with Crippen LogP contribution in [0.1, 0.15) is 33.5 Å². The number of aliphatic hydroxyl groups is 1. The first kappa shape index (κ1) is 20.3. The Morgan fingerprint density at radius 3 is 2.59 bits per heavy atom. The van der Waals surface area contributed by atoms with Crippen molar-refractivity contribution in [2.45, 2.75) is 25.5 Å². The van der Waals surface area contributed by atoms with Gasteiger partial charge in [0.05, 0.1) is 18.7 Å². The van der Waals surface area contributed by atoms with Crippen molar-refractivity contribution in [3.8, 4) is 11.5 Å². The number of para-hydroxylation sites is 1. The van der Waals surface area contributed by atoms with Crippen molar-refractivity contribution in [1.29, 1.82) is 0 Å². The number of carbonyl (C=O) groups excluding carboxylic acids is 2. The molecular weight excluding hydrogens is 406 g/mol. The summed E-state index contributed by atoms with van der Waals surface area (Å²) in [4.78, 5) is 28.1. The van der Waals surface area contributed by atoms with Crippen molar-refractivity contribution in [1.82, 2.24) is 0 Å². The lowest BCUT2D eigenvalue weighted by Gasteiger charge is -2.23. The summed E-state index contributed by atoms with van der Waals surface area (Å²) in [5.74, 6) is 0.238. The minimum Gasteiger partial charge on any atom is -0.486 e. The van der Waals surface area contributed by atoms with Crippen molar-refractivity contribution in [2.75, 3.05) is 18.1 Å². The van der Waals surface area contributed by atoms with E-state index in [-0.39, 0.29) is 12.2 Å². The van der Waals surface area contributed by atoms with Gasteiger partial charge in [0.1, 0.15) is 13.2 Å². The molecule has 1 amide bonds. The first-order valence-corrected chi connectivity index (χ1v) is 10.6. The number of benzene rings is 3. The molecular formula is C26H23NO5. The van der Waals surface area contributed by atoms with E-state index in [0.717, 1.165) is 11.1 Å². The van der Waals surface area contributed by atoms with Gasteiger partial charge in [-0.1, -0.05) is 48.0 Å². The van der Waals surface area contributed by atoms with Gasteiger partial charge < -0.3 is 19.5 Å². The molecule has 0 aromatic heterocycles. The number of hydrogen-bond donors (Lipinski definition) is 1. The maximum atomic E-state index is 13.5.